The average Bonchev–Trinajstić information content (AvgIpc) is 2.37. The van der Waals surface area contributed by atoms with Gasteiger partial charge in [-0.05, 0) is 44.4 Å². The molecular formula is C14H28N2OS. The van der Waals surface area contributed by atoms with Gasteiger partial charge in [0, 0.05) is 23.7 Å². The number of nitrogens with one attached hydrogen (secondary N) is 1. The molecule has 0 aromatic carbocycles. The van der Waals surface area contributed by atoms with Gasteiger partial charge >= 0.3 is 0 Å². The van der Waals surface area contributed by atoms with Crippen LogP contribution in [0.15, 0.2) is 0 Å². The van der Waals surface area contributed by atoms with Gasteiger partial charge in [0.25, 0.3) is 0 Å². The van der Waals surface area contributed by atoms with E-state index in [4.69, 9.17) is 10.6 Å². The van der Waals surface area contributed by atoms with Crippen molar-refractivity contribution in [2.24, 2.45) is 11.8 Å². The molecule has 3 unspecified atom stereocenters. The zero-order valence-electron chi connectivity index (χ0n) is 11.8. The average molecular weight is 272 g/mol. The van der Waals surface area contributed by atoms with Crippen molar-refractivity contribution in [1.82, 2.24) is 5.43 Å². The third-order valence-electron chi connectivity index (χ3n) is 4.71. The van der Waals surface area contributed by atoms with E-state index in [1.165, 1.54) is 32.1 Å². The summed E-state index contributed by atoms with van der Waals surface area (Å²) in [7, 11) is 0. The normalized spacial score (nSPS) is 29.8. The molecule has 0 aromatic rings. The lowest BCUT2D eigenvalue weighted by Gasteiger charge is -2.48. The van der Waals surface area contributed by atoms with Gasteiger partial charge in [-0.2, -0.15) is 11.8 Å². The van der Waals surface area contributed by atoms with Gasteiger partial charge in [-0.1, -0.05) is 13.8 Å². The number of ether oxygens (including phenoxy) is 1. The van der Waals surface area contributed by atoms with Gasteiger partial charge in [-0.3, -0.25) is 11.3 Å². The summed E-state index contributed by atoms with van der Waals surface area (Å²) in [6, 6.07) is 0.449. The Labute approximate surface area is 116 Å². The molecule has 2 rings (SSSR count). The first kappa shape index (κ1) is 14.6. The molecule has 1 spiro atoms. The van der Waals surface area contributed by atoms with Crippen molar-refractivity contribution in [2.75, 3.05) is 12.4 Å². The zero-order chi connectivity index (χ0) is 13.0. The summed E-state index contributed by atoms with van der Waals surface area (Å²) in [6.07, 6.45) is 7.48. The molecule has 3 nitrogen and oxygen atoms in total. The van der Waals surface area contributed by atoms with Crippen molar-refractivity contribution in [1.29, 1.82) is 0 Å². The van der Waals surface area contributed by atoms with E-state index in [0.717, 1.165) is 24.0 Å². The Bertz CT molecular complexity index is 258. The predicted octanol–water partition coefficient (Wildman–Crippen LogP) is 2.70. The fraction of sp³-hybridized carbons (Fsp3) is 1.00. The minimum absolute atomic E-state index is 0.235. The monoisotopic (exact) mass is 272 g/mol. The van der Waals surface area contributed by atoms with Crippen LogP contribution in [-0.2, 0) is 4.74 Å². The third kappa shape index (κ3) is 3.41. The first-order valence-corrected chi connectivity index (χ1v) is 8.45. The van der Waals surface area contributed by atoms with Crippen LogP contribution in [0.3, 0.4) is 0 Å². The van der Waals surface area contributed by atoms with Gasteiger partial charge in [0.15, 0.2) is 0 Å². The van der Waals surface area contributed by atoms with Crippen molar-refractivity contribution >= 4 is 11.8 Å². The van der Waals surface area contributed by atoms with E-state index in [-0.39, 0.29) is 5.60 Å². The van der Waals surface area contributed by atoms with E-state index in [2.05, 4.69) is 19.3 Å². The highest BCUT2D eigenvalue weighted by Gasteiger charge is 2.44. The van der Waals surface area contributed by atoms with Gasteiger partial charge in [-0.25, -0.2) is 0 Å². The smallest absolute Gasteiger partial charge is 0.0685 e. The van der Waals surface area contributed by atoms with E-state index in [1.54, 1.807) is 0 Å². The number of thioether (sulfide) groups is 1. The molecule has 0 aromatic heterocycles. The van der Waals surface area contributed by atoms with Crippen LogP contribution in [-0.4, -0.2) is 29.3 Å². The molecule has 18 heavy (non-hydrogen) atoms. The highest BCUT2D eigenvalue weighted by Crippen LogP contribution is 2.45. The van der Waals surface area contributed by atoms with Crippen LogP contribution in [0.1, 0.15) is 52.4 Å². The molecule has 1 saturated heterocycles. The molecule has 1 saturated carbocycles. The first-order chi connectivity index (χ1) is 8.69. The summed E-state index contributed by atoms with van der Waals surface area (Å²) in [5, 5.41) is 0.735. The number of rotatable bonds is 6. The molecule has 106 valence electrons. The van der Waals surface area contributed by atoms with Gasteiger partial charge in [-0.15, -0.1) is 0 Å². The molecular weight excluding hydrogens is 244 g/mol. The highest BCUT2D eigenvalue weighted by molar-refractivity contribution is 7.99. The summed E-state index contributed by atoms with van der Waals surface area (Å²) >= 11 is 2.05. The van der Waals surface area contributed by atoms with Crippen LogP contribution >= 0.6 is 11.8 Å². The topological polar surface area (TPSA) is 47.3 Å². The van der Waals surface area contributed by atoms with Crippen LogP contribution in [0.2, 0.25) is 0 Å². The molecule has 1 aliphatic carbocycles. The van der Waals surface area contributed by atoms with Gasteiger partial charge in [0.1, 0.15) is 0 Å². The van der Waals surface area contributed by atoms with E-state index in [0.29, 0.717) is 12.0 Å². The zero-order valence-corrected chi connectivity index (χ0v) is 12.6. The molecule has 1 heterocycles. The summed E-state index contributed by atoms with van der Waals surface area (Å²) in [4.78, 5) is 0. The molecule has 1 aliphatic heterocycles. The van der Waals surface area contributed by atoms with Gasteiger partial charge in [0.05, 0.1) is 5.60 Å². The van der Waals surface area contributed by atoms with E-state index >= 15 is 0 Å². The second-order valence-electron chi connectivity index (χ2n) is 5.96. The molecule has 3 N–H and O–H groups in total. The lowest BCUT2D eigenvalue weighted by molar-refractivity contribution is -0.146. The van der Waals surface area contributed by atoms with Gasteiger partial charge in [0.2, 0.25) is 0 Å². The maximum Gasteiger partial charge on any atom is 0.0685 e. The Balaban J connectivity index is 1.83. The number of hydrogen-bond acceptors (Lipinski definition) is 4. The summed E-state index contributed by atoms with van der Waals surface area (Å²) in [6.45, 7) is 5.48. The molecule has 2 fully saturated rings. The standard InChI is InChI=1S/C14H28N2OS/c1-3-11(2)18-10-13(16-15)12-5-8-17-14(9-12)6-4-7-14/h11-13,16H,3-10,15H2,1-2H3. The lowest BCUT2D eigenvalue weighted by Crippen LogP contribution is -2.52. The fourth-order valence-electron chi connectivity index (χ4n) is 3.03. The first-order valence-electron chi connectivity index (χ1n) is 7.41. The molecule has 0 amide bonds. The molecule has 0 radical (unpaired) electrons. The summed E-state index contributed by atoms with van der Waals surface area (Å²) in [5.74, 6) is 7.60. The summed E-state index contributed by atoms with van der Waals surface area (Å²) < 4.78 is 6.00. The van der Waals surface area contributed by atoms with E-state index < -0.39 is 0 Å². The number of hydrogen-bond donors (Lipinski definition) is 2. The second kappa shape index (κ2) is 6.60. The summed E-state index contributed by atoms with van der Waals surface area (Å²) in [5.41, 5.74) is 3.30. The quantitative estimate of drug-likeness (QED) is 0.576. The van der Waals surface area contributed by atoms with Crippen molar-refractivity contribution in [3.8, 4) is 0 Å². The largest absolute Gasteiger partial charge is 0.375 e. The maximum atomic E-state index is 6.00. The molecule has 4 heteroatoms. The van der Waals surface area contributed by atoms with Crippen LogP contribution in [0.25, 0.3) is 0 Å². The highest BCUT2D eigenvalue weighted by atomic mass is 32.2. The molecule has 3 atom stereocenters. The van der Waals surface area contributed by atoms with E-state index in [9.17, 15) is 0 Å². The Morgan fingerprint density at radius 1 is 1.50 bits per heavy atom. The van der Waals surface area contributed by atoms with E-state index in [1.807, 2.05) is 11.8 Å². The van der Waals surface area contributed by atoms with Crippen molar-refractivity contribution in [3.05, 3.63) is 0 Å². The van der Waals surface area contributed by atoms with Crippen LogP contribution < -0.4 is 11.3 Å². The van der Waals surface area contributed by atoms with Crippen molar-refractivity contribution in [2.45, 2.75) is 69.3 Å². The third-order valence-corrected chi connectivity index (χ3v) is 6.17. The Morgan fingerprint density at radius 3 is 2.83 bits per heavy atom. The Morgan fingerprint density at radius 2 is 2.28 bits per heavy atom. The van der Waals surface area contributed by atoms with Crippen LogP contribution in [0.4, 0.5) is 0 Å². The number of hydrazine groups is 1. The van der Waals surface area contributed by atoms with Gasteiger partial charge < -0.3 is 4.74 Å². The SMILES string of the molecule is CCC(C)SCC(NN)C1CCOC2(CCC2)C1. The maximum absolute atomic E-state index is 6.00. The molecule has 2 aliphatic rings. The van der Waals surface area contributed by atoms with Crippen LogP contribution in [0.5, 0.6) is 0 Å². The Kier molecular flexibility index (Phi) is 5.36. The lowest BCUT2D eigenvalue weighted by atomic mass is 9.70. The van der Waals surface area contributed by atoms with Crippen LogP contribution in [0, 0.1) is 5.92 Å². The number of nitrogens with two attached hydrogens (primary N) is 1. The second-order valence-corrected chi connectivity index (χ2v) is 7.43. The Hall–Kier alpha value is 0.230. The minimum Gasteiger partial charge on any atom is -0.375 e. The van der Waals surface area contributed by atoms with Crippen molar-refractivity contribution < 1.29 is 4.74 Å². The molecule has 0 bridgehead atoms. The minimum atomic E-state index is 0.235. The predicted molar refractivity (Wildman–Crippen MR) is 78.6 cm³/mol. The van der Waals surface area contributed by atoms with Crippen molar-refractivity contribution in [3.63, 3.8) is 0 Å². The fourth-order valence-corrected chi connectivity index (χ4v) is 4.17.